The molecule has 1 aromatic carbocycles. The van der Waals surface area contributed by atoms with Crippen LogP contribution in [-0.4, -0.2) is 31.3 Å². The van der Waals surface area contributed by atoms with E-state index in [1.165, 1.54) is 11.3 Å². The minimum Gasteiger partial charge on any atom is -0.302 e. The smallest absolute Gasteiger partial charge is 0.186 e. The molecule has 0 aliphatic carbocycles. The Labute approximate surface area is 117 Å². The average Bonchev–Trinajstić information content (AvgIpc) is 2.86. The minimum atomic E-state index is 0.141. The van der Waals surface area contributed by atoms with E-state index in [2.05, 4.69) is 11.8 Å². The maximum atomic E-state index is 11.9. The molecule has 1 aromatic heterocycles. The number of Topliss-reactive ketones (excluding diaryl/α,β-unsaturated/α-hetero) is 1. The molecule has 0 N–H and O–H groups in total. The normalized spacial score (nSPS) is 10.1. The van der Waals surface area contributed by atoms with Crippen LogP contribution in [-0.2, 0) is 0 Å². The van der Waals surface area contributed by atoms with Gasteiger partial charge in [0.2, 0.25) is 0 Å². The molecule has 3 heteroatoms. The number of thiophene rings is 1. The first kappa shape index (κ1) is 13.5. The highest BCUT2D eigenvalue weighted by Gasteiger charge is 2.09. The fraction of sp³-hybridized carbons (Fsp3) is 0.188. The first-order valence-corrected chi connectivity index (χ1v) is 6.81. The number of ketones is 1. The van der Waals surface area contributed by atoms with Crippen molar-refractivity contribution in [3.63, 3.8) is 0 Å². The van der Waals surface area contributed by atoms with E-state index in [1.807, 2.05) is 61.5 Å². The largest absolute Gasteiger partial charge is 0.302 e. The number of hydrogen-bond acceptors (Lipinski definition) is 3. The molecule has 0 radical (unpaired) electrons. The molecule has 0 spiro atoms. The summed E-state index contributed by atoms with van der Waals surface area (Å²) in [6, 6.07) is 13.6. The van der Waals surface area contributed by atoms with Gasteiger partial charge < -0.3 is 4.90 Å². The summed E-state index contributed by atoms with van der Waals surface area (Å²) >= 11 is 1.45. The van der Waals surface area contributed by atoms with Gasteiger partial charge in [-0.05, 0) is 38.4 Å². The van der Waals surface area contributed by atoms with Gasteiger partial charge in [-0.15, -0.1) is 11.3 Å². The van der Waals surface area contributed by atoms with Crippen molar-refractivity contribution in [2.24, 2.45) is 0 Å². The predicted molar refractivity (Wildman–Crippen MR) is 79.6 cm³/mol. The lowest BCUT2D eigenvalue weighted by Crippen LogP contribution is -2.20. The molecule has 96 valence electrons. The van der Waals surface area contributed by atoms with Crippen LogP contribution in [0.1, 0.15) is 20.1 Å². The second-order valence-electron chi connectivity index (χ2n) is 4.44. The minimum absolute atomic E-state index is 0.141. The SMILES string of the molecule is CN(C)CC(=O)c1ccc(C#Cc2ccccc2)s1. The summed E-state index contributed by atoms with van der Waals surface area (Å²) in [6.45, 7) is 0.437. The van der Waals surface area contributed by atoms with Gasteiger partial charge in [-0.3, -0.25) is 4.79 Å². The molecule has 19 heavy (non-hydrogen) atoms. The quantitative estimate of drug-likeness (QED) is 0.631. The summed E-state index contributed by atoms with van der Waals surface area (Å²) in [6.07, 6.45) is 0. The van der Waals surface area contributed by atoms with E-state index in [4.69, 9.17) is 0 Å². The maximum Gasteiger partial charge on any atom is 0.186 e. The zero-order valence-corrected chi connectivity index (χ0v) is 11.8. The molecule has 1 heterocycles. The fourth-order valence-electron chi connectivity index (χ4n) is 1.58. The summed E-state index contributed by atoms with van der Waals surface area (Å²) in [7, 11) is 3.78. The standard InChI is InChI=1S/C16H15NOS/c1-17(2)12-15(18)16-11-10-14(19-16)9-8-13-6-4-3-5-7-13/h3-7,10-11H,12H2,1-2H3. The number of nitrogens with zero attached hydrogens (tertiary/aromatic N) is 1. The molecule has 0 saturated carbocycles. The molecule has 0 bridgehead atoms. The van der Waals surface area contributed by atoms with E-state index >= 15 is 0 Å². The van der Waals surface area contributed by atoms with E-state index in [1.54, 1.807) is 0 Å². The number of hydrogen-bond donors (Lipinski definition) is 0. The summed E-state index contributed by atoms with van der Waals surface area (Å²) in [4.78, 5) is 15.4. The molecule has 2 rings (SSSR count). The molecule has 2 aromatic rings. The predicted octanol–water partition coefficient (Wildman–Crippen LogP) is 2.89. The Morgan fingerprint density at radius 2 is 1.84 bits per heavy atom. The van der Waals surface area contributed by atoms with Gasteiger partial charge in [0, 0.05) is 5.56 Å². The van der Waals surface area contributed by atoms with Crippen LogP contribution < -0.4 is 0 Å². The van der Waals surface area contributed by atoms with Crippen molar-refractivity contribution in [2.45, 2.75) is 0 Å². The van der Waals surface area contributed by atoms with Crippen molar-refractivity contribution in [3.05, 3.63) is 57.8 Å². The third-order valence-corrected chi connectivity index (χ3v) is 3.49. The van der Waals surface area contributed by atoms with Crippen LogP contribution >= 0.6 is 11.3 Å². The highest BCUT2D eigenvalue weighted by atomic mass is 32.1. The second-order valence-corrected chi connectivity index (χ2v) is 5.52. The molecule has 0 saturated heterocycles. The van der Waals surface area contributed by atoms with Gasteiger partial charge >= 0.3 is 0 Å². The lowest BCUT2D eigenvalue weighted by atomic mass is 10.2. The van der Waals surface area contributed by atoms with Crippen LogP contribution in [0.25, 0.3) is 0 Å². The monoisotopic (exact) mass is 269 g/mol. The number of carbonyl (C=O) groups is 1. The van der Waals surface area contributed by atoms with Crippen LogP contribution in [0.5, 0.6) is 0 Å². The molecule has 0 amide bonds. The maximum absolute atomic E-state index is 11.9. The van der Waals surface area contributed by atoms with Crippen molar-refractivity contribution in [3.8, 4) is 11.8 Å². The Bertz CT molecular complexity index is 617. The summed E-state index contributed by atoms with van der Waals surface area (Å²) in [5, 5.41) is 0. The van der Waals surface area contributed by atoms with Crippen LogP contribution in [0.15, 0.2) is 42.5 Å². The molecule has 2 nitrogen and oxygen atoms in total. The van der Waals surface area contributed by atoms with E-state index < -0.39 is 0 Å². The van der Waals surface area contributed by atoms with Crippen LogP contribution in [0.3, 0.4) is 0 Å². The van der Waals surface area contributed by atoms with E-state index in [0.29, 0.717) is 6.54 Å². The summed E-state index contributed by atoms with van der Waals surface area (Å²) < 4.78 is 0. The van der Waals surface area contributed by atoms with Crippen molar-refractivity contribution >= 4 is 17.1 Å². The Kier molecular flexibility index (Phi) is 4.51. The van der Waals surface area contributed by atoms with Crippen molar-refractivity contribution in [2.75, 3.05) is 20.6 Å². The van der Waals surface area contributed by atoms with Gasteiger partial charge in [-0.25, -0.2) is 0 Å². The van der Waals surface area contributed by atoms with Crippen molar-refractivity contribution < 1.29 is 4.79 Å². The van der Waals surface area contributed by atoms with Gasteiger partial charge in [0.05, 0.1) is 16.3 Å². The van der Waals surface area contributed by atoms with Crippen molar-refractivity contribution in [1.82, 2.24) is 4.90 Å². The van der Waals surface area contributed by atoms with Crippen molar-refractivity contribution in [1.29, 1.82) is 0 Å². The Balaban J connectivity index is 2.10. The Hall–Kier alpha value is -1.89. The summed E-state index contributed by atoms with van der Waals surface area (Å²) in [5.74, 6) is 6.33. The zero-order valence-electron chi connectivity index (χ0n) is 11.0. The zero-order chi connectivity index (χ0) is 13.7. The van der Waals surface area contributed by atoms with E-state index in [9.17, 15) is 4.79 Å². The Morgan fingerprint density at radius 1 is 1.11 bits per heavy atom. The first-order valence-electron chi connectivity index (χ1n) is 6.00. The molecule has 0 unspecified atom stereocenters. The fourth-order valence-corrected chi connectivity index (χ4v) is 2.36. The van der Waals surface area contributed by atoms with Gasteiger partial charge in [0.1, 0.15) is 0 Å². The molecule has 0 atom stereocenters. The summed E-state index contributed by atoms with van der Waals surface area (Å²) in [5.41, 5.74) is 0.983. The van der Waals surface area contributed by atoms with E-state index in [-0.39, 0.29) is 5.78 Å². The molecule has 0 fully saturated rings. The third-order valence-electron chi connectivity index (χ3n) is 2.44. The number of carbonyl (C=O) groups excluding carboxylic acids is 1. The van der Waals surface area contributed by atoms with Crippen LogP contribution in [0, 0.1) is 11.8 Å². The van der Waals surface area contributed by atoms with E-state index in [0.717, 1.165) is 15.3 Å². The molecular weight excluding hydrogens is 254 g/mol. The topological polar surface area (TPSA) is 20.3 Å². The molecule has 0 aliphatic rings. The highest BCUT2D eigenvalue weighted by molar-refractivity contribution is 7.14. The van der Waals surface area contributed by atoms with Gasteiger partial charge in [-0.1, -0.05) is 30.0 Å². The number of likely N-dealkylation sites (N-methyl/N-ethyl adjacent to an activating group) is 1. The number of benzene rings is 1. The van der Waals surface area contributed by atoms with Gasteiger partial charge in [0.25, 0.3) is 0 Å². The van der Waals surface area contributed by atoms with Gasteiger partial charge in [-0.2, -0.15) is 0 Å². The lowest BCUT2D eigenvalue weighted by molar-refractivity contribution is 0.0962. The first-order chi connectivity index (χ1) is 9.15. The highest BCUT2D eigenvalue weighted by Crippen LogP contribution is 2.16. The average molecular weight is 269 g/mol. The second kappa shape index (κ2) is 6.33. The number of rotatable bonds is 3. The third kappa shape index (κ3) is 4.06. The Morgan fingerprint density at radius 3 is 2.53 bits per heavy atom. The van der Waals surface area contributed by atoms with Gasteiger partial charge in [0.15, 0.2) is 5.78 Å². The molecule has 0 aliphatic heterocycles. The lowest BCUT2D eigenvalue weighted by Gasteiger charge is -2.05. The molecular formula is C16H15NOS. The van der Waals surface area contributed by atoms with Crippen LogP contribution in [0.2, 0.25) is 0 Å². The van der Waals surface area contributed by atoms with Crippen LogP contribution in [0.4, 0.5) is 0 Å².